The molecular formula is C12H18N4O3. The van der Waals surface area contributed by atoms with Gasteiger partial charge in [0.15, 0.2) is 0 Å². The van der Waals surface area contributed by atoms with Crippen LogP contribution in [0.3, 0.4) is 0 Å². The highest BCUT2D eigenvalue weighted by Gasteiger charge is 2.22. The summed E-state index contributed by atoms with van der Waals surface area (Å²) in [4.78, 5) is 38.6. The number of nitrogens with two attached hydrogens (primary N) is 1. The highest BCUT2D eigenvalue weighted by molar-refractivity contribution is 5.92. The summed E-state index contributed by atoms with van der Waals surface area (Å²) in [6.45, 7) is 0. The van der Waals surface area contributed by atoms with Crippen LogP contribution in [0.25, 0.3) is 0 Å². The predicted octanol–water partition coefficient (Wildman–Crippen LogP) is -0.547. The number of hydrogen-bond acceptors (Lipinski definition) is 4. The van der Waals surface area contributed by atoms with Gasteiger partial charge in [0, 0.05) is 18.2 Å². The zero-order chi connectivity index (χ0) is 13.8. The fraction of sp³-hybridized carbons (Fsp3) is 0.583. The molecule has 2 unspecified atom stereocenters. The van der Waals surface area contributed by atoms with Crippen LogP contribution in [-0.4, -0.2) is 28.0 Å². The average Bonchev–Trinajstić information content (AvgIpc) is 2.54. The molecule has 1 saturated carbocycles. The van der Waals surface area contributed by atoms with Gasteiger partial charge in [-0.2, -0.15) is 0 Å². The van der Waals surface area contributed by atoms with Gasteiger partial charge in [-0.3, -0.25) is 14.6 Å². The van der Waals surface area contributed by atoms with E-state index in [9.17, 15) is 14.4 Å². The molecule has 1 heterocycles. The number of carbonyl (C=O) groups is 1. The van der Waals surface area contributed by atoms with Crippen molar-refractivity contribution in [2.75, 3.05) is 0 Å². The van der Waals surface area contributed by atoms with E-state index < -0.39 is 17.2 Å². The third kappa shape index (κ3) is 3.54. The van der Waals surface area contributed by atoms with Crippen molar-refractivity contribution >= 4 is 5.91 Å². The lowest BCUT2D eigenvalue weighted by molar-refractivity contribution is 0.0923. The van der Waals surface area contributed by atoms with Crippen LogP contribution in [0, 0.1) is 0 Å². The van der Waals surface area contributed by atoms with E-state index in [1.807, 2.05) is 4.98 Å². The van der Waals surface area contributed by atoms with Crippen LogP contribution in [0.15, 0.2) is 15.7 Å². The quantitative estimate of drug-likeness (QED) is 0.537. The van der Waals surface area contributed by atoms with Crippen LogP contribution >= 0.6 is 0 Å². The van der Waals surface area contributed by atoms with Crippen LogP contribution in [0.5, 0.6) is 0 Å². The first-order valence-electron chi connectivity index (χ1n) is 6.46. The Kier molecular flexibility index (Phi) is 4.16. The minimum atomic E-state index is -0.692. The zero-order valence-corrected chi connectivity index (χ0v) is 10.6. The molecule has 7 nitrogen and oxygen atoms in total. The molecule has 0 radical (unpaired) electrons. The fourth-order valence-electron chi connectivity index (χ4n) is 2.35. The van der Waals surface area contributed by atoms with Crippen LogP contribution in [-0.2, 0) is 0 Å². The van der Waals surface area contributed by atoms with E-state index in [0.717, 1.165) is 38.2 Å². The molecule has 104 valence electrons. The maximum atomic E-state index is 12.0. The Hall–Kier alpha value is -1.89. The van der Waals surface area contributed by atoms with Crippen molar-refractivity contribution in [3.05, 3.63) is 32.6 Å². The topological polar surface area (TPSA) is 121 Å². The van der Waals surface area contributed by atoms with Gasteiger partial charge < -0.3 is 16.0 Å². The van der Waals surface area contributed by atoms with Crippen molar-refractivity contribution in [2.24, 2.45) is 5.73 Å². The molecule has 1 aromatic heterocycles. The third-order valence-corrected chi connectivity index (χ3v) is 3.39. The van der Waals surface area contributed by atoms with Gasteiger partial charge in [-0.25, -0.2) is 4.79 Å². The fourth-order valence-corrected chi connectivity index (χ4v) is 2.35. The SMILES string of the molecule is NC1CCCCCC1NC(=O)c1cc(=O)[nH]c(=O)[nH]1. The molecule has 5 N–H and O–H groups in total. The Balaban J connectivity index is 2.11. The van der Waals surface area contributed by atoms with Gasteiger partial charge in [0.05, 0.1) is 0 Å². The van der Waals surface area contributed by atoms with E-state index >= 15 is 0 Å². The number of aromatic nitrogens is 2. The number of nitrogens with one attached hydrogen (secondary N) is 3. The van der Waals surface area contributed by atoms with E-state index in [-0.39, 0.29) is 17.8 Å². The minimum absolute atomic E-state index is 0.0369. The molecule has 2 atom stereocenters. The Bertz CT molecular complexity index is 534. The second-order valence-electron chi connectivity index (χ2n) is 4.88. The molecule has 0 saturated heterocycles. The summed E-state index contributed by atoms with van der Waals surface area (Å²) in [6, 6.07) is 0.872. The van der Waals surface area contributed by atoms with Gasteiger partial charge in [-0.1, -0.05) is 19.3 Å². The number of carbonyl (C=O) groups excluding carboxylic acids is 1. The summed E-state index contributed by atoms with van der Waals surface area (Å²) in [5, 5.41) is 2.79. The standard InChI is InChI=1S/C12H18N4O3/c13-7-4-2-1-3-5-8(7)14-11(18)9-6-10(17)16-12(19)15-9/h6-8H,1-5,13H2,(H,14,18)(H2,15,16,17,19). The van der Waals surface area contributed by atoms with Crippen molar-refractivity contribution in [1.82, 2.24) is 15.3 Å². The Morgan fingerprint density at radius 1 is 1.21 bits per heavy atom. The summed E-state index contributed by atoms with van der Waals surface area (Å²) >= 11 is 0. The lowest BCUT2D eigenvalue weighted by atomic mass is 10.0. The molecule has 0 spiro atoms. The van der Waals surface area contributed by atoms with Gasteiger partial charge in [0.25, 0.3) is 11.5 Å². The molecule has 0 aliphatic heterocycles. The van der Waals surface area contributed by atoms with Crippen LogP contribution in [0.4, 0.5) is 0 Å². The van der Waals surface area contributed by atoms with Crippen LogP contribution in [0.1, 0.15) is 42.6 Å². The molecular weight excluding hydrogens is 248 g/mol. The number of hydrogen-bond donors (Lipinski definition) is 4. The zero-order valence-electron chi connectivity index (χ0n) is 10.6. The summed E-state index contributed by atoms with van der Waals surface area (Å²) in [5.74, 6) is -0.467. The van der Waals surface area contributed by atoms with Crippen molar-refractivity contribution in [3.63, 3.8) is 0 Å². The largest absolute Gasteiger partial charge is 0.346 e. The second-order valence-corrected chi connectivity index (χ2v) is 4.88. The normalized spacial score (nSPS) is 23.6. The first-order valence-corrected chi connectivity index (χ1v) is 6.46. The summed E-state index contributed by atoms with van der Waals surface area (Å²) < 4.78 is 0. The number of aromatic amines is 2. The van der Waals surface area contributed by atoms with Gasteiger partial charge in [0.1, 0.15) is 5.69 Å². The number of amides is 1. The van der Waals surface area contributed by atoms with Gasteiger partial charge in [-0.15, -0.1) is 0 Å². The highest BCUT2D eigenvalue weighted by atomic mass is 16.2. The van der Waals surface area contributed by atoms with E-state index in [0.29, 0.717) is 0 Å². The van der Waals surface area contributed by atoms with Gasteiger partial charge >= 0.3 is 5.69 Å². The van der Waals surface area contributed by atoms with E-state index in [4.69, 9.17) is 5.73 Å². The molecule has 1 amide bonds. The van der Waals surface area contributed by atoms with Crippen molar-refractivity contribution < 1.29 is 4.79 Å². The average molecular weight is 266 g/mol. The second kappa shape index (κ2) is 5.83. The Morgan fingerprint density at radius 3 is 2.68 bits per heavy atom. The molecule has 1 aliphatic rings. The molecule has 19 heavy (non-hydrogen) atoms. The summed E-state index contributed by atoms with van der Waals surface area (Å²) in [6.07, 6.45) is 4.89. The third-order valence-electron chi connectivity index (χ3n) is 3.39. The molecule has 1 fully saturated rings. The van der Waals surface area contributed by atoms with Crippen molar-refractivity contribution in [2.45, 2.75) is 44.2 Å². The summed E-state index contributed by atoms with van der Waals surface area (Å²) in [7, 11) is 0. The van der Waals surface area contributed by atoms with Crippen molar-refractivity contribution in [1.29, 1.82) is 0 Å². The van der Waals surface area contributed by atoms with E-state index in [2.05, 4.69) is 10.3 Å². The smallest absolute Gasteiger partial charge is 0.326 e. The molecule has 1 aromatic rings. The predicted molar refractivity (Wildman–Crippen MR) is 70.0 cm³/mol. The van der Waals surface area contributed by atoms with E-state index in [1.54, 1.807) is 0 Å². The maximum Gasteiger partial charge on any atom is 0.326 e. The van der Waals surface area contributed by atoms with Gasteiger partial charge in [-0.05, 0) is 12.8 Å². The maximum absolute atomic E-state index is 12.0. The highest BCUT2D eigenvalue weighted by Crippen LogP contribution is 2.16. The van der Waals surface area contributed by atoms with Crippen molar-refractivity contribution in [3.8, 4) is 0 Å². The number of H-pyrrole nitrogens is 2. The molecule has 0 aromatic carbocycles. The molecule has 2 rings (SSSR count). The van der Waals surface area contributed by atoms with Crippen LogP contribution < -0.4 is 22.3 Å². The lowest BCUT2D eigenvalue weighted by Crippen LogP contribution is -2.47. The lowest BCUT2D eigenvalue weighted by Gasteiger charge is -2.22. The van der Waals surface area contributed by atoms with E-state index in [1.165, 1.54) is 0 Å². The number of rotatable bonds is 2. The monoisotopic (exact) mass is 266 g/mol. The Morgan fingerprint density at radius 2 is 1.95 bits per heavy atom. The van der Waals surface area contributed by atoms with Gasteiger partial charge in [0.2, 0.25) is 0 Å². The molecule has 7 heteroatoms. The van der Waals surface area contributed by atoms with Crippen LogP contribution in [0.2, 0.25) is 0 Å². The Labute approximate surface area is 109 Å². The first kappa shape index (κ1) is 13.5. The minimum Gasteiger partial charge on any atom is -0.346 e. The molecule has 1 aliphatic carbocycles. The first-order chi connectivity index (χ1) is 9.06. The molecule has 0 bridgehead atoms. The summed E-state index contributed by atoms with van der Waals surface area (Å²) in [5.41, 5.74) is 4.68.